The van der Waals surface area contributed by atoms with Crippen molar-refractivity contribution >= 4 is 0 Å². The Morgan fingerprint density at radius 2 is 1.83 bits per heavy atom. The number of benzene rings is 1. The van der Waals surface area contributed by atoms with Crippen LogP contribution < -0.4 is 4.74 Å². The van der Waals surface area contributed by atoms with Crippen molar-refractivity contribution in [2.45, 2.75) is 40.2 Å². The first-order valence-corrected chi connectivity index (χ1v) is 6.61. The van der Waals surface area contributed by atoms with Crippen LogP contribution in [0.2, 0.25) is 0 Å². The van der Waals surface area contributed by atoms with Gasteiger partial charge in [-0.1, -0.05) is 39.8 Å². The van der Waals surface area contributed by atoms with Gasteiger partial charge in [0.1, 0.15) is 5.75 Å². The van der Waals surface area contributed by atoms with Crippen molar-refractivity contribution in [2.24, 2.45) is 16.7 Å². The molecule has 1 aliphatic carbocycles. The van der Waals surface area contributed by atoms with E-state index in [9.17, 15) is 5.11 Å². The summed E-state index contributed by atoms with van der Waals surface area (Å²) in [6.07, 6.45) is 0.427. The van der Waals surface area contributed by atoms with Crippen LogP contribution in [-0.2, 0) is 6.42 Å². The van der Waals surface area contributed by atoms with Crippen LogP contribution in [0.25, 0.3) is 0 Å². The zero-order chi connectivity index (χ0) is 13.6. The summed E-state index contributed by atoms with van der Waals surface area (Å²) in [5, 5.41) is 10.4. The zero-order valence-corrected chi connectivity index (χ0v) is 12.0. The molecule has 0 amide bonds. The highest BCUT2D eigenvalue weighted by Gasteiger charge is 2.66. The van der Waals surface area contributed by atoms with Gasteiger partial charge in [-0.15, -0.1) is 0 Å². The van der Waals surface area contributed by atoms with Crippen LogP contribution in [0.3, 0.4) is 0 Å². The molecule has 0 aromatic heterocycles. The molecule has 1 unspecified atom stereocenters. The van der Waals surface area contributed by atoms with Gasteiger partial charge in [-0.05, 0) is 40.9 Å². The molecule has 1 N–H and O–H groups in total. The summed E-state index contributed by atoms with van der Waals surface area (Å²) >= 11 is 0. The smallest absolute Gasteiger partial charge is 0.119 e. The van der Waals surface area contributed by atoms with Gasteiger partial charge < -0.3 is 9.84 Å². The molecule has 0 heterocycles. The number of aliphatic hydroxyl groups excluding tert-OH is 1. The molecule has 0 aliphatic heterocycles. The van der Waals surface area contributed by atoms with Gasteiger partial charge in [0.25, 0.3) is 0 Å². The van der Waals surface area contributed by atoms with E-state index in [-0.39, 0.29) is 16.9 Å². The van der Waals surface area contributed by atoms with Crippen molar-refractivity contribution in [3.8, 4) is 5.75 Å². The zero-order valence-electron chi connectivity index (χ0n) is 12.0. The molecule has 100 valence electrons. The fourth-order valence-corrected chi connectivity index (χ4v) is 3.37. The molecule has 1 aromatic rings. The molecule has 1 atom stereocenters. The third-order valence-corrected chi connectivity index (χ3v) is 5.10. The summed E-state index contributed by atoms with van der Waals surface area (Å²) < 4.78 is 5.21. The lowest BCUT2D eigenvalue weighted by Crippen LogP contribution is -2.17. The van der Waals surface area contributed by atoms with E-state index in [1.54, 1.807) is 7.11 Å². The summed E-state index contributed by atoms with van der Waals surface area (Å²) in [7, 11) is 1.67. The van der Waals surface area contributed by atoms with Gasteiger partial charge in [0.15, 0.2) is 0 Å². The predicted octanol–water partition coefficient (Wildman–Crippen LogP) is 3.28. The minimum atomic E-state index is -0.276. The number of ether oxygens (including phenoxy) is 1. The minimum absolute atomic E-state index is 0.227. The lowest BCUT2D eigenvalue weighted by molar-refractivity contribution is 0.129. The summed E-state index contributed by atoms with van der Waals surface area (Å²) in [4.78, 5) is 0. The standard InChI is InChI=1S/C16H24O2/c1-15(2)14(16(15,3)4)13(17)10-11-7-6-8-12(9-11)18-5/h6-9,13-14,17H,10H2,1-5H3. The Balaban J connectivity index is 2.06. The van der Waals surface area contributed by atoms with Crippen LogP contribution >= 0.6 is 0 Å². The average Bonchev–Trinajstić information content (AvgIpc) is 2.69. The van der Waals surface area contributed by atoms with Crippen molar-refractivity contribution in [3.05, 3.63) is 29.8 Å². The maximum atomic E-state index is 10.4. The van der Waals surface area contributed by atoms with E-state index in [4.69, 9.17) is 4.74 Å². The second-order valence-corrected chi connectivity index (χ2v) is 6.54. The first-order chi connectivity index (χ1) is 8.30. The van der Waals surface area contributed by atoms with Crippen LogP contribution in [0, 0.1) is 16.7 Å². The van der Waals surface area contributed by atoms with E-state index < -0.39 is 0 Å². The largest absolute Gasteiger partial charge is 0.497 e. The highest BCUT2D eigenvalue weighted by molar-refractivity contribution is 5.29. The van der Waals surface area contributed by atoms with Gasteiger partial charge >= 0.3 is 0 Å². The van der Waals surface area contributed by atoms with Crippen molar-refractivity contribution in [3.63, 3.8) is 0 Å². The third-order valence-electron chi connectivity index (χ3n) is 5.10. The summed E-state index contributed by atoms with van der Waals surface area (Å²) in [5.74, 6) is 1.23. The Kier molecular flexibility index (Phi) is 3.18. The normalized spacial score (nSPS) is 22.6. The van der Waals surface area contributed by atoms with Gasteiger partial charge in [-0.25, -0.2) is 0 Å². The molecule has 1 aromatic carbocycles. The highest BCUT2D eigenvalue weighted by Crippen LogP contribution is 2.69. The molecule has 1 saturated carbocycles. The second-order valence-electron chi connectivity index (χ2n) is 6.54. The van der Waals surface area contributed by atoms with E-state index in [1.165, 1.54) is 0 Å². The summed E-state index contributed by atoms with van der Waals surface area (Å²) in [5.41, 5.74) is 1.59. The molecule has 0 bridgehead atoms. The topological polar surface area (TPSA) is 29.5 Å². The minimum Gasteiger partial charge on any atom is -0.497 e. The lowest BCUT2D eigenvalue weighted by Gasteiger charge is -2.13. The molecule has 1 aliphatic rings. The van der Waals surface area contributed by atoms with E-state index in [0.29, 0.717) is 12.3 Å². The molecule has 2 heteroatoms. The van der Waals surface area contributed by atoms with E-state index >= 15 is 0 Å². The Bertz CT molecular complexity index is 420. The van der Waals surface area contributed by atoms with E-state index in [1.807, 2.05) is 24.3 Å². The van der Waals surface area contributed by atoms with Crippen LogP contribution in [0.1, 0.15) is 33.3 Å². The summed E-state index contributed by atoms with van der Waals surface area (Å²) in [6, 6.07) is 7.96. The number of rotatable bonds is 4. The van der Waals surface area contributed by atoms with Gasteiger partial charge in [0.05, 0.1) is 13.2 Å². The van der Waals surface area contributed by atoms with Gasteiger partial charge in [-0.2, -0.15) is 0 Å². The van der Waals surface area contributed by atoms with Crippen LogP contribution in [0.15, 0.2) is 24.3 Å². The predicted molar refractivity (Wildman–Crippen MR) is 73.8 cm³/mol. The first kappa shape index (κ1) is 13.4. The molecular formula is C16H24O2. The van der Waals surface area contributed by atoms with Crippen molar-refractivity contribution in [1.82, 2.24) is 0 Å². The van der Waals surface area contributed by atoms with Gasteiger partial charge in [0, 0.05) is 0 Å². The van der Waals surface area contributed by atoms with Crippen LogP contribution in [0.4, 0.5) is 0 Å². The average molecular weight is 248 g/mol. The third kappa shape index (κ3) is 2.03. The maximum Gasteiger partial charge on any atom is 0.119 e. The summed E-state index contributed by atoms with van der Waals surface area (Å²) in [6.45, 7) is 8.97. The fraction of sp³-hybridized carbons (Fsp3) is 0.625. The molecule has 2 nitrogen and oxygen atoms in total. The Labute approximate surface area is 110 Å². The van der Waals surface area contributed by atoms with Crippen molar-refractivity contribution in [1.29, 1.82) is 0 Å². The molecule has 18 heavy (non-hydrogen) atoms. The Hall–Kier alpha value is -1.02. The Morgan fingerprint density at radius 1 is 1.22 bits per heavy atom. The number of aliphatic hydroxyl groups is 1. The van der Waals surface area contributed by atoms with E-state index in [2.05, 4.69) is 27.7 Å². The lowest BCUT2D eigenvalue weighted by atomic mass is 9.99. The fourth-order valence-electron chi connectivity index (χ4n) is 3.37. The maximum absolute atomic E-state index is 10.4. The number of methoxy groups -OCH3 is 1. The monoisotopic (exact) mass is 248 g/mol. The molecule has 1 fully saturated rings. The Morgan fingerprint density at radius 3 is 2.33 bits per heavy atom. The van der Waals surface area contributed by atoms with Gasteiger partial charge in [0.2, 0.25) is 0 Å². The second kappa shape index (κ2) is 4.27. The van der Waals surface area contributed by atoms with Gasteiger partial charge in [-0.3, -0.25) is 0 Å². The quantitative estimate of drug-likeness (QED) is 0.886. The van der Waals surface area contributed by atoms with Crippen molar-refractivity contribution < 1.29 is 9.84 Å². The first-order valence-electron chi connectivity index (χ1n) is 6.61. The van der Waals surface area contributed by atoms with Crippen LogP contribution in [-0.4, -0.2) is 18.3 Å². The molecule has 0 radical (unpaired) electrons. The van der Waals surface area contributed by atoms with Crippen molar-refractivity contribution in [2.75, 3.05) is 7.11 Å². The van der Waals surface area contributed by atoms with E-state index in [0.717, 1.165) is 11.3 Å². The molecule has 0 saturated heterocycles. The number of hydrogen-bond acceptors (Lipinski definition) is 2. The highest BCUT2D eigenvalue weighted by atomic mass is 16.5. The number of hydrogen-bond donors (Lipinski definition) is 1. The SMILES string of the molecule is COc1cccc(CC(O)C2C(C)(C)C2(C)C)c1. The molecule has 0 spiro atoms. The molecule has 2 rings (SSSR count). The molecular weight excluding hydrogens is 224 g/mol. The van der Waals surface area contributed by atoms with Crippen LogP contribution in [0.5, 0.6) is 5.75 Å².